The standard InChI is InChI=1S/C23H28N4O2/c1-4-6-14-27-20(25-22(26-27)16(3)5-2)15-17-9-11-18(12-10-17)21-19(23(28)29)8-7-13-24-21/h7-13,16H,4-6,14-15H2,1-3H3,(H,28,29). The van der Waals surface area contributed by atoms with Crippen LogP contribution >= 0.6 is 0 Å². The van der Waals surface area contributed by atoms with Gasteiger partial charge in [0.2, 0.25) is 0 Å². The van der Waals surface area contributed by atoms with Crippen LogP contribution in [0.3, 0.4) is 0 Å². The SMILES string of the molecule is CCCCn1nc(C(C)CC)nc1Cc1ccc(-c2ncccc2C(=O)O)cc1. The van der Waals surface area contributed by atoms with E-state index in [1.807, 2.05) is 28.9 Å². The number of aromatic nitrogens is 4. The number of unbranched alkanes of at least 4 members (excludes halogenated alkanes) is 1. The number of carboxylic acid groups (broad SMARTS) is 1. The molecule has 3 rings (SSSR count). The normalized spacial score (nSPS) is 12.1. The molecule has 0 aliphatic heterocycles. The maximum absolute atomic E-state index is 11.5. The number of rotatable bonds is 9. The van der Waals surface area contributed by atoms with E-state index in [2.05, 4.69) is 25.8 Å². The Morgan fingerprint density at radius 2 is 1.93 bits per heavy atom. The first-order valence-electron chi connectivity index (χ1n) is 10.2. The van der Waals surface area contributed by atoms with E-state index in [4.69, 9.17) is 10.1 Å². The Hall–Kier alpha value is -3.02. The Morgan fingerprint density at radius 3 is 2.59 bits per heavy atom. The molecule has 1 unspecified atom stereocenters. The maximum Gasteiger partial charge on any atom is 0.337 e. The first-order chi connectivity index (χ1) is 14.0. The Morgan fingerprint density at radius 1 is 1.17 bits per heavy atom. The van der Waals surface area contributed by atoms with Crippen molar-refractivity contribution in [2.45, 2.75) is 58.9 Å². The van der Waals surface area contributed by atoms with Crippen molar-refractivity contribution < 1.29 is 9.90 Å². The monoisotopic (exact) mass is 392 g/mol. The minimum atomic E-state index is -0.973. The molecule has 2 heterocycles. The molecule has 2 aromatic heterocycles. The van der Waals surface area contributed by atoms with Crippen LogP contribution in [0.2, 0.25) is 0 Å². The number of aryl methyl sites for hydroxylation is 1. The molecule has 6 nitrogen and oxygen atoms in total. The molecule has 1 N–H and O–H groups in total. The molecule has 0 aliphatic carbocycles. The zero-order valence-corrected chi connectivity index (χ0v) is 17.3. The Bertz CT molecular complexity index is 963. The minimum absolute atomic E-state index is 0.206. The molecular formula is C23H28N4O2. The van der Waals surface area contributed by atoms with Gasteiger partial charge in [-0.05, 0) is 30.5 Å². The lowest BCUT2D eigenvalue weighted by Gasteiger charge is -2.08. The molecule has 3 aromatic rings. The average molecular weight is 393 g/mol. The smallest absolute Gasteiger partial charge is 0.337 e. The fourth-order valence-electron chi connectivity index (χ4n) is 3.17. The minimum Gasteiger partial charge on any atom is -0.478 e. The Balaban J connectivity index is 1.84. The molecule has 0 saturated carbocycles. The van der Waals surface area contributed by atoms with Crippen molar-refractivity contribution in [2.75, 3.05) is 0 Å². The van der Waals surface area contributed by atoms with Crippen molar-refractivity contribution in [1.82, 2.24) is 19.7 Å². The predicted octanol–water partition coefficient (Wildman–Crippen LogP) is 4.94. The van der Waals surface area contributed by atoms with Crippen molar-refractivity contribution in [3.05, 3.63) is 65.4 Å². The molecule has 1 aromatic carbocycles. The fraction of sp³-hybridized carbons (Fsp3) is 0.391. The summed E-state index contributed by atoms with van der Waals surface area (Å²) in [4.78, 5) is 20.5. The number of hydrogen-bond acceptors (Lipinski definition) is 4. The zero-order valence-electron chi connectivity index (χ0n) is 17.3. The molecule has 0 aliphatic rings. The first-order valence-corrected chi connectivity index (χ1v) is 10.2. The predicted molar refractivity (Wildman–Crippen MR) is 113 cm³/mol. The highest BCUT2D eigenvalue weighted by Crippen LogP contribution is 2.23. The van der Waals surface area contributed by atoms with Crippen molar-refractivity contribution in [1.29, 1.82) is 0 Å². The van der Waals surface area contributed by atoms with Crippen LogP contribution in [-0.2, 0) is 13.0 Å². The van der Waals surface area contributed by atoms with Crippen LogP contribution in [0.1, 0.15) is 73.5 Å². The quantitative estimate of drug-likeness (QED) is 0.558. The third-order valence-corrected chi connectivity index (χ3v) is 5.17. The van der Waals surface area contributed by atoms with Gasteiger partial charge in [-0.1, -0.05) is 51.5 Å². The van der Waals surface area contributed by atoms with E-state index in [1.54, 1.807) is 18.3 Å². The number of aromatic carboxylic acids is 1. The lowest BCUT2D eigenvalue weighted by molar-refractivity contribution is 0.0697. The summed E-state index contributed by atoms with van der Waals surface area (Å²) in [5.74, 6) is 1.26. The van der Waals surface area contributed by atoms with Crippen molar-refractivity contribution >= 4 is 5.97 Å². The maximum atomic E-state index is 11.5. The molecule has 152 valence electrons. The van der Waals surface area contributed by atoms with Gasteiger partial charge in [-0.2, -0.15) is 5.10 Å². The van der Waals surface area contributed by atoms with E-state index >= 15 is 0 Å². The first kappa shape index (κ1) is 20.7. The second-order valence-corrected chi connectivity index (χ2v) is 7.35. The van der Waals surface area contributed by atoms with Gasteiger partial charge in [0.05, 0.1) is 11.3 Å². The van der Waals surface area contributed by atoms with Gasteiger partial charge in [0.15, 0.2) is 5.82 Å². The number of carbonyl (C=O) groups is 1. The van der Waals surface area contributed by atoms with Gasteiger partial charge in [0.1, 0.15) is 5.82 Å². The van der Waals surface area contributed by atoms with Gasteiger partial charge in [0, 0.05) is 30.6 Å². The topological polar surface area (TPSA) is 80.9 Å². The molecule has 0 fully saturated rings. The van der Waals surface area contributed by atoms with E-state index in [1.165, 1.54) is 0 Å². The molecule has 0 amide bonds. The van der Waals surface area contributed by atoms with Crippen LogP contribution in [0, 0.1) is 0 Å². The molecule has 1 atom stereocenters. The average Bonchev–Trinajstić information content (AvgIpc) is 3.14. The molecule has 29 heavy (non-hydrogen) atoms. The summed E-state index contributed by atoms with van der Waals surface area (Å²) in [5, 5.41) is 14.1. The van der Waals surface area contributed by atoms with Gasteiger partial charge in [-0.15, -0.1) is 0 Å². The summed E-state index contributed by atoms with van der Waals surface area (Å²) in [5.41, 5.74) is 2.59. The summed E-state index contributed by atoms with van der Waals surface area (Å²) < 4.78 is 2.04. The molecule has 0 spiro atoms. The van der Waals surface area contributed by atoms with Crippen LogP contribution < -0.4 is 0 Å². The number of hydrogen-bond donors (Lipinski definition) is 1. The Labute approximate surface area is 171 Å². The van der Waals surface area contributed by atoms with Crippen molar-refractivity contribution in [3.63, 3.8) is 0 Å². The number of nitrogens with zero attached hydrogens (tertiary/aromatic N) is 4. The Kier molecular flexibility index (Phi) is 6.75. The summed E-state index contributed by atoms with van der Waals surface area (Å²) in [7, 11) is 0. The van der Waals surface area contributed by atoms with Gasteiger partial charge < -0.3 is 5.11 Å². The van der Waals surface area contributed by atoms with Gasteiger partial charge >= 0.3 is 5.97 Å². The number of benzene rings is 1. The molecule has 6 heteroatoms. The molecule has 0 saturated heterocycles. The van der Waals surface area contributed by atoms with E-state index < -0.39 is 5.97 Å². The van der Waals surface area contributed by atoms with Crippen molar-refractivity contribution in [3.8, 4) is 11.3 Å². The third-order valence-electron chi connectivity index (χ3n) is 5.17. The fourth-order valence-corrected chi connectivity index (χ4v) is 3.17. The van der Waals surface area contributed by atoms with E-state index in [-0.39, 0.29) is 5.56 Å². The van der Waals surface area contributed by atoms with Crippen LogP contribution in [-0.4, -0.2) is 30.8 Å². The van der Waals surface area contributed by atoms with Crippen LogP contribution in [0.5, 0.6) is 0 Å². The van der Waals surface area contributed by atoms with Crippen LogP contribution in [0.4, 0.5) is 0 Å². The van der Waals surface area contributed by atoms with Crippen LogP contribution in [0.15, 0.2) is 42.6 Å². The third kappa shape index (κ3) is 4.88. The summed E-state index contributed by atoms with van der Waals surface area (Å²) >= 11 is 0. The van der Waals surface area contributed by atoms with Gasteiger partial charge in [-0.25, -0.2) is 14.5 Å². The largest absolute Gasteiger partial charge is 0.478 e. The lowest BCUT2D eigenvalue weighted by Crippen LogP contribution is -2.07. The summed E-state index contributed by atoms with van der Waals surface area (Å²) in [6.45, 7) is 7.36. The second-order valence-electron chi connectivity index (χ2n) is 7.35. The molecule has 0 bridgehead atoms. The number of pyridine rings is 1. The highest BCUT2D eigenvalue weighted by molar-refractivity contribution is 5.94. The van der Waals surface area contributed by atoms with E-state index in [0.717, 1.165) is 48.6 Å². The lowest BCUT2D eigenvalue weighted by atomic mass is 10.0. The number of carboxylic acids is 1. The molecular weight excluding hydrogens is 364 g/mol. The summed E-state index contributed by atoms with van der Waals surface area (Å²) in [6, 6.07) is 11.1. The van der Waals surface area contributed by atoms with E-state index in [0.29, 0.717) is 18.0 Å². The highest BCUT2D eigenvalue weighted by atomic mass is 16.4. The summed E-state index contributed by atoms with van der Waals surface area (Å²) in [6.07, 6.45) is 5.52. The highest BCUT2D eigenvalue weighted by Gasteiger charge is 2.16. The van der Waals surface area contributed by atoms with Crippen molar-refractivity contribution in [2.24, 2.45) is 0 Å². The molecule has 0 radical (unpaired) electrons. The second kappa shape index (κ2) is 9.45. The van der Waals surface area contributed by atoms with Crippen LogP contribution in [0.25, 0.3) is 11.3 Å². The van der Waals surface area contributed by atoms with E-state index in [9.17, 15) is 9.90 Å². The van der Waals surface area contributed by atoms with Gasteiger partial charge in [0.25, 0.3) is 0 Å². The van der Waals surface area contributed by atoms with Gasteiger partial charge in [-0.3, -0.25) is 4.98 Å². The zero-order chi connectivity index (χ0) is 20.8.